The van der Waals surface area contributed by atoms with Crippen LogP contribution in [0.2, 0.25) is 0 Å². The predicted octanol–water partition coefficient (Wildman–Crippen LogP) is 5.44. The van der Waals surface area contributed by atoms with Crippen molar-refractivity contribution in [1.82, 2.24) is 0 Å². The van der Waals surface area contributed by atoms with Gasteiger partial charge in [0.25, 0.3) is 0 Å². The van der Waals surface area contributed by atoms with Gasteiger partial charge < -0.3 is 18.9 Å². The van der Waals surface area contributed by atoms with Gasteiger partial charge in [0.1, 0.15) is 24.7 Å². The summed E-state index contributed by atoms with van der Waals surface area (Å²) in [6.07, 6.45) is -9.65. The lowest BCUT2D eigenvalue weighted by atomic mass is 10.2. The molecule has 0 spiro atoms. The lowest BCUT2D eigenvalue weighted by Gasteiger charge is -2.10. The molecule has 0 aliphatic heterocycles. The van der Waals surface area contributed by atoms with Crippen molar-refractivity contribution >= 4 is 11.9 Å². The van der Waals surface area contributed by atoms with E-state index in [1.807, 2.05) is 0 Å². The van der Waals surface area contributed by atoms with Crippen LogP contribution in [-0.2, 0) is 32.3 Å². The smallest absolute Gasteiger partial charge is 0.461 e. The molecule has 0 fully saturated rings. The molecule has 2 aromatic carbocycles. The highest BCUT2D eigenvalue weighted by atomic mass is 19.4. The zero-order valence-electron chi connectivity index (χ0n) is 16.9. The van der Waals surface area contributed by atoms with E-state index in [0.717, 1.165) is 24.3 Å². The third-order valence-corrected chi connectivity index (χ3v) is 3.88. The molecule has 12 heteroatoms. The number of carbonyl (C=O) groups excluding carboxylic acids is 2. The first-order chi connectivity index (χ1) is 15.4. The van der Waals surface area contributed by atoms with Gasteiger partial charge in [-0.1, -0.05) is 24.3 Å². The van der Waals surface area contributed by atoms with Gasteiger partial charge in [-0.2, -0.15) is 0 Å². The van der Waals surface area contributed by atoms with Gasteiger partial charge in [0.15, 0.2) is 0 Å². The summed E-state index contributed by atoms with van der Waals surface area (Å²) in [5.74, 6) is -2.03. The van der Waals surface area contributed by atoms with E-state index in [1.54, 1.807) is 0 Å². The maximum atomic E-state index is 12.1. The number of halogens is 6. The molecule has 33 heavy (non-hydrogen) atoms. The fraction of sp³-hybridized carbons (Fsp3) is 0.333. The Morgan fingerprint density at radius 2 is 0.939 bits per heavy atom. The maximum Gasteiger partial charge on any atom is 0.573 e. The number of benzene rings is 2. The first-order valence-electron chi connectivity index (χ1n) is 9.40. The van der Waals surface area contributed by atoms with Crippen molar-refractivity contribution in [2.75, 3.05) is 0 Å². The third-order valence-electron chi connectivity index (χ3n) is 3.88. The summed E-state index contributed by atoms with van der Waals surface area (Å²) >= 11 is 0. The van der Waals surface area contributed by atoms with Crippen LogP contribution in [0.5, 0.6) is 11.5 Å². The zero-order chi connectivity index (χ0) is 24.5. The fourth-order valence-corrected chi connectivity index (χ4v) is 2.42. The van der Waals surface area contributed by atoms with Gasteiger partial charge in [-0.25, -0.2) is 0 Å². The predicted molar refractivity (Wildman–Crippen MR) is 99.7 cm³/mol. The lowest BCUT2D eigenvalue weighted by Crippen LogP contribution is -2.17. The minimum Gasteiger partial charge on any atom is -0.461 e. The normalized spacial score (nSPS) is 11.6. The minimum atomic E-state index is -4.80. The number of ether oxygens (including phenoxy) is 4. The second kappa shape index (κ2) is 11.4. The summed E-state index contributed by atoms with van der Waals surface area (Å²) in [6.45, 7) is -0.326. The van der Waals surface area contributed by atoms with Gasteiger partial charge in [-0.3, -0.25) is 9.59 Å². The zero-order valence-corrected chi connectivity index (χ0v) is 16.9. The van der Waals surface area contributed by atoms with Crippen molar-refractivity contribution < 1.29 is 54.9 Å². The van der Waals surface area contributed by atoms with E-state index in [-0.39, 0.29) is 32.5 Å². The van der Waals surface area contributed by atoms with E-state index in [4.69, 9.17) is 9.47 Å². The number of rotatable bonds is 10. The molecule has 0 heterocycles. The highest BCUT2D eigenvalue weighted by molar-refractivity contribution is 5.72. The summed E-state index contributed by atoms with van der Waals surface area (Å²) in [5, 5.41) is 0. The van der Waals surface area contributed by atoms with Crippen LogP contribution in [0.25, 0.3) is 0 Å². The van der Waals surface area contributed by atoms with Gasteiger partial charge in [0.05, 0.1) is 0 Å². The number of esters is 2. The number of alkyl halides is 6. The van der Waals surface area contributed by atoms with Crippen LogP contribution in [-0.4, -0.2) is 24.7 Å². The van der Waals surface area contributed by atoms with Crippen molar-refractivity contribution in [2.45, 2.75) is 45.2 Å². The first kappa shape index (κ1) is 25.8. The van der Waals surface area contributed by atoms with Crippen LogP contribution in [0.4, 0.5) is 26.3 Å². The largest absolute Gasteiger partial charge is 0.573 e. The Hall–Kier alpha value is -3.44. The molecule has 0 unspecified atom stereocenters. The van der Waals surface area contributed by atoms with Crippen molar-refractivity contribution in [1.29, 1.82) is 0 Å². The monoisotopic (exact) mass is 480 g/mol. The van der Waals surface area contributed by atoms with Gasteiger partial charge in [-0.15, -0.1) is 26.3 Å². The van der Waals surface area contributed by atoms with E-state index < -0.39 is 36.2 Å². The van der Waals surface area contributed by atoms with Crippen LogP contribution in [0.1, 0.15) is 30.4 Å². The van der Waals surface area contributed by atoms with Crippen molar-refractivity contribution in [3.05, 3.63) is 59.7 Å². The molecule has 2 rings (SSSR count). The standard InChI is InChI=1S/C21H18F6O6/c22-20(23,24)32-16-8-4-14(5-9-16)12-30-18(28)2-1-3-19(29)31-13-15-6-10-17(11-7-15)33-21(25,26)27/h4-11H,1-3,12-13H2. The minimum absolute atomic E-state index is 0.0894. The molecule has 0 aromatic heterocycles. The highest BCUT2D eigenvalue weighted by Crippen LogP contribution is 2.24. The van der Waals surface area contributed by atoms with Gasteiger partial charge in [0, 0.05) is 12.8 Å². The molecular formula is C21H18F6O6. The molecule has 0 amide bonds. The molecule has 6 nitrogen and oxygen atoms in total. The molecule has 0 radical (unpaired) electrons. The first-order valence-corrected chi connectivity index (χ1v) is 9.40. The summed E-state index contributed by atoms with van der Waals surface area (Å²) < 4.78 is 90.1. The summed E-state index contributed by atoms with van der Waals surface area (Å²) in [6, 6.07) is 9.60. The molecular weight excluding hydrogens is 462 g/mol. The average molecular weight is 480 g/mol. The van der Waals surface area contributed by atoms with Crippen LogP contribution in [0, 0.1) is 0 Å². The van der Waals surface area contributed by atoms with Crippen LogP contribution in [0.3, 0.4) is 0 Å². The van der Waals surface area contributed by atoms with E-state index >= 15 is 0 Å². The van der Waals surface area contributed by atoms with E-state index in [9.17, 15) is 35.9 Å². The van der Waals surface area contributed by atoms with E-state index in [0.29, 0.717) is 11.1 Å². The molecule has 0 atom stereocenters. The fourth-order valence-electron chi connectivity index (χ4n) is 2.42. The van der Waals surface area contributed by atoms with Gasteiger partial charge in [0.2, 0.25) is 0 Å². The second-order valence-electron chi connectivity index (χ2n) is 6.56. The molecule has 0 aliphatic rings. The molecule has 0 saturated carbocycles. The van der Waals surface area contributed by atoms with Crippen molar-refractivity contribution in [3.63, 3.8) is 0 Å². The number of hydrogen-bond donors (Lipinski definition) is 0. The highest BCUT2D eigenvalue weighted by Gasteiger charge is 2.31. The van der Waals surface area contributed by atoms with Crippen molar-refractivity contribution in [3.8, 4) is 11.5 Å². The van der Waals surface area contributed by atoms with E-state index in [1.165, 1.54) is 24.3 Å². The lowest BCUT2D eigenvalue weighted by molar-refractivity contribution is -0.275. The Bertz CT molecular complexity index is 831. The summed E-state index contributed by atoms with van der Waals surface area (Å²) in [5.41, 5.74) is 0.896. The molecule has 180 valence electrons. The average Bonchev–Trinajstić information content (AvgIpc) is 2.70. The van der Waals surface area contributed by atoms with Crippen LogP contribution < -0.4 is 9.47 Å². The second-order valence-corrected chi connectivity index (χ2v) is 6.56. The number of hydrogen-bond acceptors (Lipinski definition) is 6. The van der Waals surface area contributed by atoms with Crippen LogP contribution >= 0.6 is 0 Å². The van der Waals surface area contributed by atoms with Crippen molar-refractivity contribution in [2.24, 2.45) is 0 Å². The molecule has 0 saturated heterocycles. The Balaban J connectivity index is 1.62. The summed E-state index contributed by atoms with van der Waals surface area (Å²) in [4.78, 5) is 23.4. The van der Waals surface area contributed by atoms with Gasteiger partial charge in [-0.05, 0) is 41.8 Å². The quantitative estimate of drug-likeness (QED) is 0.333. The molecule has 2 aromatic rings. The SMILES string of the molecule is O=C(CCCC(=O)OCc1ccc(OC(F)(F)F)cc1)OCc1ccc(OC(F)(F)F)cc1. The summed E-state index contributed by atoms with van der Waals surface area (Å²) in [7, 11) is 0. The Kier molecular flexibility index (Phi) is 8.94. The van der Waals surface area contributed by atoms with Gasteiger partial charge >= 0.3 is 24.7 Å². The molecule has 0 bridgehead atoms. The van der Waals surface area contributed by atoms with E-state index in [2.05, 4.69) is 9.47 Å². The Morgan fingerprint density at radius 1 is 0.606 bits per heavy atom. The third kappa shape index (κ3) is 11.1. The Labute approximate surface area is 184 Å². The molecule has 0 N–H and O–H groups in total. The molecule has 0 aliphatic carbocycles. The van der Waals surface area contributed by atoms with Crippen LogP contribution in [0.15, 0.2) is 48.5 Å². The number of carbonyl (C=O) groups is 2. The maximum absolute atomic E-state index is 12.1. The Morgan fingerprint density at radius 3 is 1.24 bits per heavy atom. The topological polar surface area (TPSA) is 71.1 Å².